The number of thioether (sulfide) groups is 1. The van der Waals surface area contributed by atoms with Gasteiger partial charge in [0.05, 0.1) is 17.0 Å². The molecule has 0 saturated carbocycles. The van der Waals surface area contributed by atoms with Crippen molar-refractivity contribution < 1.29 is 4.79 Å². The lowest BCUT2D eigenvalue weighted by atomic mass is 10.2. The molecular weight excluding hydrogens is 440 g/mol. The highest BCUT2D eigenvalue weighted by Gasteiger charge is 2.32. The molecule has 0 bridgehead atoms. The number of hydrogen-bond acceptors (Lipinski definition) is 6. The maximum absolute atomic E-state index is 13.4. The molecule has 0 unspecified atom stereocenters. The Morgan fingerprint density at radius 3 is 2.62 bits per heavy atom. The highest BCUT2D eigenvalue weighted by Crippen LogP contribution is 2.34. The fourth-order valence-corrected chi connectivity index (χ4v) is 4.59. The van der Waals surface area contributed by atoms with Gasteiger partial charge in [0.1, 0.15) is 15.8 Å². The Morgan fingerprint density at radius 2 is 1.91 bits per heavy atom. The van der Waals surface area contributed by atoms with Crippen molar-refractivity contribution in [3.8, 4) is 0 Å². The number of nitrogens with one attached hydrogen (secondary N) is 1. The summed E-state index contributed by atoms with van der Waals surface area (Å²) < 4.78 is 2.00. The van der Waals surface area contributed by atoms with Crippen LogP contribution in [0.5, 0.6) is 0 Å². The average Bonchev–Trinajstić information content (AvgIpc) is 3.03. The molecule has 1 aliphatic heterocycles. The van der Waals surface area contributed by atoms with Crippen LogP contribution in [-0.2, 0) is 11.3 Å². The standard InChI is InChI=1S/C24H24N4O2S2/c1-15(2)12-25-21-18(22(29)27-13-16(3)9-10-20(27)26-21)11-19-23(30)28(24(31)32-19)14-17-7-5-4-6-8-17/h4-11,13,15,25H,12,14H2,1-3H3. The van der Waals surface area contributed by atoms with Crippen molar-refractivity contribution in [3.05, 3.63) is 80.6 Å². The minimum absolute atomic E-state index is 0.201. The third kappa shape index (κ3) is 4.61. The summed E-state index contributed by atoms with van der Waals surface area (Å²) in [7, 11) is 0. The molecule has 4 rings (SSSR count). The van der Waals surface area contributed by atoms with E-state index in [0.717, 1.165) is 11.1 Å². The number of amides is 1. The summed E-state index contributed by atoms with van der Waals surface area (Å²) in [5.41, 5.74) is 2.63. The van der Waals surface area contributed by atoms with E-state index >= 15 is 0 Å². The van der Waals surface area contributed by atoms with E-state index in [1.165, 1.54) is 16.2 Å². The molecule has 164 valence electrons. The molecule has 1 N–H and O–H groups in total. The van der Waals surface area contributed by atoms with Crippen molar-refractivity contribution in [1.82, 2.24) is 14.3 Å². The lowest BCUT2D eigenvalue weighted by Crippen LogP contribution is -2.27. The third-order valence-electron chi connectivity index (χ3n) is 5.02. The molecule has 0 radical (unpaired) electrons. The van der Waals surface area contributed by atoms with Gasteiger partial charge in [-0.2, -0.15) is 0 Å². The van der Waals surface area contributed by atoms with E-state index in [1.807, 2.05) is 49.4 Å². The summed E-state index contributed by atoms with van der Waals surface area (Å²) >= 11 is 6.68. The smallest absolute Gasteiger partial charge is 0.267 e. The van der Waals surface area contributed by atoms with Crippen LogP contribution in [-0.4, -0.2) is 31.1 Å². The van der Waals surface area contributed by atoms with Crippen LogP contribution in [0, 0.1) is 12.8 Å². The largest absolute Gasteiger partial charge is 0.369 e. The minimum atomic E-state index is -0.224. The van der Waals surface area contributed by atoms with Crippen LogP contribution in [0.2, 0.25) is 0 Å². The number of thiocarbonyl (C=S) groups is 1. The Labute approximate surface area is 196 Å². The SMILES string of the molecule is Cc1ccc2nc(NCC(C)C)c(C=C3SC(=S)N(Cc4ccccc4)C3=O)c(=O)n2c1. The van der Waals surface area contributed by atoms with Crippen LogP contribution in [0.3, 0.4) is 0 Å². The Morgan fingerprint density at radius 1 is 1.16 bits per heavy atom. The molecule has 2 aromatic heterocycles. The van der Waals surface area contributed by atoms with Gasteiger partial charge in [0.2, 0.25) is 0 Å². The summed E-state index contributed by atoms with van der Waals surface area (Å²) in [5.74, 6) is 0.637. The van der Waals surface area contributed by atoms with Gasteiger partial charge in [-0.1, -0.05) is 74.2 Å². The van der Waals surface area contributed by atoms with E-state index < -0.39 is 0 Å². The normalized spacial score (nSPS) is 15.4. The lowest BCUT2D eigenvalue weighted by Gasteiger charge is -2.14. The summed E-state index contributed by atoms with van der Waals surface area (Å²) in [6.45, 7) is 7.14. The Bertz CT molecular complexity index is 1280. The zero-order valence-corrected chi connectivity index (χ0v) is 19.8. The van der Waals surface area contributed by atoms with Crippen molar-refractivity contribution in [2.45, 2.75) is 27.3 Å². The van der Waals surface area contributed by atoms with Gasteiger partial charge in [-0.05, 0) is 36.1 Å². The molecule has 1 saturated heterocycles. The first kappa shape index (κ1) is 22.2. The van der Waals surface area contributed by atoms with Gasteiger partial charge in [0, 0.05) is 12.7 Å². The van der Waals surface area contributed by atoms with Crippen LogP contribution >= 0.6 is 24.0 Å². The summed E-state index contributed by atoms with van der Waals surface area (Å²) in [4.78, 5) is 33.1. The quantitative estimate of drug-likeness (QED) is 0.429. The van der Waals surface area contributed by atoms with Gasteiger partial charge >= 0.3 is 0 Å². The number of fused-ring (bicyclic) bond motifs is 1. The highest BCUT2D eigenvalue weighted by molar-refractivity contribution is 8.26. The van der Waals surface area contributed by atoms with Crippen LogP contribution < -0.4 is 10.9 Å². The first-order valence-corrected chi connectivity index (χ1v) is 11.6. The number of carbonyl (C=O) groups is 1. The van der Waals surface area contributed by atoms with Gasteiger partial charge in [-0.25, -0.2) is 4.98 Å². The molecule has 6 nitrogen and oxygen atoms in total. The van der Waals surface area contributed by atoms with Gasteiger partial charge in [-0.3, -0.25) is 18.9 Å². The highest BCUT2D eigenvalue weighted by atomic mass is 32.2. The monoisotopic (exact) mass is 464 g/mol. The number of aromatic nitrogens is 2. The summed E-state index contributed by atoms with van der Waals surface area (Å²) in [6, 6.07) is 13.4. The maximum Gasteiger partial charge on any atom is 0.267 e. The van der Waals surface area contributed by atoms with Gasteiger partial charge in [0.25, 0.3) is 11.5 Å². The van der Waals surface area contributed by atoms with E-state index in [1.54, 1.807) is 17.2 Å². The molecule has 3 heterocycles. The van der Waals surface area contributed by atoms with Crippen molar-refractivity contribution in [1.29, 1.82) is 0 Å². The molecule has 1 aliphatic rings. The number of benzene rings is 1. The summed E-state index contributed by atoms with van der Waals surface area (Å²) in [6.07, 6.45) is 3.38. The van der Waals surface area contributed by atoms with Crippen LogP contribution in [0.4, 0.5) is 5.82 Å². The van der Waals surface area contributed by atoms with E-state index in [2.05, 4.69) is 24.1 Å². The zero-order valence-electron chi connectivity index (χ0n) is 18.2. The van der Waals surface area contributed by atoms with Gasteiger partial charge < -0.3 is 5.32 Å². The molecule has 1 amide bonds. The third-order valence-corrected chi connectivity index (χ3v) is 6.39. The van der Waals surface area contributed by atoms with Crippen molar-refractivity contribution in [3.63, 3.8) is 0 Å². The number of aryl methyl sites for hydroxylation is 1. The average molecular weight is 465 g/mol. The Kier molecular flexibility index (Phi) is 6.43. The molecular formula is C24H24N4O2S2. The van der Waals surface area contributed by atoms with E-state index in [-0.39, 0.29) is 11.5 Å². The van der Waals surface area contributed by atoms with E-state index in [9.17, 15) is 9.59 Å². The minimum Gasteiger partial charge on any atom is -0.369 e. The first-order valence-electron chi connectivity index (χ1n) is 10.4. The lowest BCUT2D eigenvalue weighted by molar-refractivity contribution is -0.122. The number of pyridine rings is 1. The van der Waals surface area contributed by atoms with Crippen molar-refractivity contribution in [2.75, 3.05) is 11.9 Å². The fourth-order valence-electron chi connectivity index (χ4n) is 3.36. The first-order chi connectivity index (χ1) is 15.3. The Hall–Kier alpha value is -2.97. The number of rotatable bonds is 6. The van der Waals surface area contributed by atoms with E-state index in [0.29, 0.717) is 45.3 Å². The van der Waals surface area contributed by atoms with E-state index in [4.69, 9.17) is 12.2 Å². The number of carbonyl (C=O) groups excluding carboxylic acids is 1. The topological polar surface area (TPSA) is 66.7 Å². The van der Waals surface area contributed by atoms with Crippen LogP contribution in [0.25, 0.3) is 11.7 Å². The fraction of sp³-hybridized carbons (Fsp3) is 0.250. The van der Waals surface area contributed by atoms with Crippen LogP contribution in [0.15, 0.2) is 58.4 Å². The van der Waals surface area contributed by atoms with Gasteiger partial charge in [-0.15, -0.1) is 0 Å². The predicted octanol–water partition coefficient (Wildman–Crippen LogP) is 4.47. The second kappa shape index (κ2) is 9.26. The molecule has 3 aromatic rings. The molecule has 8 heteroatoms. The molecule has 32 heavy (non-hydrogen) atoms. The van der Waals surface area contributed by atoms with Crippen molar-refractivity contribution >= 4 is 51.7 Å². The second-order valence-electron chi connectivity index (χ2n) is 8.14. The second-order valence-corrected chi connectivity index (χ2v) is 9.82. The molecule has 1 fully saturated rings. The number of nitrogens with zero attached hydrogens (tertiary/aromatic N) is 3. The maximum atomic E-state index is 13.4. The number of hydrogen-bond donors (Lipinski definition) is 1. The number of anilines is 1. The Balaban J connectivity index is 1.75. The predicted molar refractivity (Wildman–Crippen MR) is 135 cm³/mol. The molecule has 0 spiro atoms. The molecule has 0 atom stereocenters. The van der Waals surface area contributed by atoms with Gasteiger partial charge in [0.15, 0.2) is 0 Å². The molecule has 0 aliphatic carbocycles. The summed E-state index contributed by atoms with van der Waals surface area (Å²) in [5, 5.41) is 3.28. The van der Waals surface area contributed by atoms with Crippen LogP contribution in [0.1, 0.15) is 30.5 Å². The van der Waals surface area contributed by atoms with Crippen molar-refractivity contribution in [2.24, 2.45) is 5.92 Å². The zero-order chi connectivity index (χ0) is 22.8. The molecule has 1 aromatic carbocycles.